The molecule has 3 aliphatic heterocycles. The molecular weight excluding hydrogens is 474 g/mol. The highest BCUT2D eigenvalue weighted by atomic mass is 19.4. The van der Waals surface area contributed by atoms with Crippen LogP contribution < -0.4 is 0 Å². The maximum atomic E-state index is 13.4. The molecule has 36 heavy (non-hydrogen) atoms. The predicted octanol–water partition coefficient (Wildman–Crippen LogP) is 4.94. The Morgan fingerprint density at radius 3 is 2.47 bits per heavy atom. The monoisotopic (exact) mass is 505 g/mol. The third-order valence-electron chi connectivity index (χ3n) is 8.04. The van der Waals surface area contributed by atoms with Gasteiger partial charge in [0.05, 0.1) is 12.2 Å². The Hall–Kier alpha value is -2.52. The van der Waals surface area contributed by atoms with Crippen LogP contribution in [-0.4, -0.2) is 58.6 Å². The third kappa shape index (κ3) is 5.13. The van der Waals surface area contributed by atoms with E-state index >= 15 is 0 Å². The fourth-order valence-corrected chi connectivity index (χ4v) is 5.76. The number of hydrogen-bond donors (Lipinski definition) is 0. The first-order chi connectivity index (χ1) is 17.1. The van der Waals surface area contributed by atoms with Crippen LogP contribution in [0.3, 0.4) is 0 Å². The van der Waals surface area contributed by atoms with Gasteiger partial charge in [-0.15, -0.1) is 0 Å². The number of aromatic nitrogens is 1. The molecule has 5 nitrogen and oxygen atoms in total. The number of nitrogens with zero attached hydrogens (tertiary/aromatic N) is 3. The minimum atomic E-state index is -4.46. The van der Waals surface area contributed by atoms with E-state index in [9.17, 15) is 22.4 Å². The molecule has 4 heterocycles. The van der Waals surface area contributed by atoms with Crippen molar-refractivity contribution in [2.75, 3.05) is 26.2 Å². The molecule has 0 aliphatic carbocycles. The number of carbonyl (C=O) groups is 1. The van der Waals surface area contributed by atoms with Crippen molar-refractivity contribution in [1.29, 1.82) is 0 Å². The van der Waals surface area contributed by atoms with Gasteiger partial charge in [0.1, 0.15) is 11.4 Å². The second-order valence-electron chi connectivity index (χ2n) is 10.4. The van der Waals surface area contributed by atoms with Gasteiger partial charge in [-0.3, -0.25) is 14.7 Å². The number of pyridine rings is 1. The summed E-state index contributed by atoms with van der Waals surface area (Å²) in [7, 11) is 0. The van der Waals surface area contributed by atoms with Gasteiger partial charge in [0.25, 0.3) is 5.91 Å². The van der Waals surface area contributed by atoms with Crippen molar-refractivity contribution in [2.45, 2.75) is 69.3 Å². The van der Waals surface area contributed by atoms with E-state index in [4.69, 9.17) is 4.74 Å². The molecule has 1 aromatic carbocycles. The molecule has 1 aromatic heterocycles. The zero-order valence-electron chi connectivity index (χ0n) is 20.4. The van der Waals surface area contributed by atoms with Crippen molar-refractivity contribution < 1.29 is 27.1 Å². The van der Waals surface area contributed by atoms with Crippen LogP contribution in [0.2, 0.25) is 0 Å². The lowest BCUT2D eigenvalue weighted by Crippen LogP contribution is -2.56. The molecule has 2 saturated heterocycles. The first-order valence-electron chi connectivity index (χ1n) is 12.6. The number of hydrogen-bond acceptors (Lipinski definition) is 4. The highest BCUT2D eigenvalue weighted by molar-refractivity contribution is 5.85. The summed E-state index contributed by atoms with van der Waals surface area (Å²) in [6.45, 7) is 4.64. The molecule has 0 saturated carbocycles. The molecule has 2 atom stereocenters. The fourth-order valence-electron chi connectivity index (χ4n) is 5.76. The van der Waals surface area contributed by atoms with E-state index < -0.39 is 17.3 Å². The molecule has 9 heteroatoms. The van der Waals surface area contributed by atoms with E-state index in [-0.39, 0.29) is 24.3 Å². The smallest absolute Gasteiger partial charge is 0.364 e. The Kier molecular flexibility index (Phi) is 6.80. The molecule has 194 valence electrons. The lowest BCUT2D eigenvalue weighted by Gasteiger charge is -2.45. The van der Waals surface area contributed by atoms with Crippen molar-refractivity contribution in [3.05, 3.63) is 64.7 Å². The standard InChI is InChI=1S/C27H31F4N3O2/c1-26(25(35)34-13-9-24-20(16-34)14-21(15-32-24)27(29,30)31)10-6-23(17-36-26)33-11-7-19(8-12-33)18-2-4-22(28)5-3-18/h2-5,14-15,19,23H,6-13,16-17H2,1H3/t23-,26?/m1/s1. The van der Waals surface area contributed by atoms with Crippen LogP contribution in [0.15, 0.2) is 36.5 Å². The molecular formula is C27H31F4N3O2. The van der Waals surface area contributed by atoms with Gasteiger partial charge < -0.3 is 9.64 Å². The normalized spacial score (nSPS) is 26.0. The molecule has 3 aliphatic rings. The molecule has 0 radical (unpaired) electrons. The first kappa shape index (κ1) is 25.1. The maximum absolute atomic E-state index is 13.4. The zero-order valence-corrected chi connectivity index (χ0v) is 20.4. The van der Waals surface area contributed by atoms with Crippen molar-refractivity contribution in [1.82, 2.24) is 14.8 Å². The molecule has 2 fully saturated rings. The van der Waals surface area contributed by atoms with Gasteiger partial charge in [-0.1, -0.05) is 12.1 Å². The number of halogens is 4. The van der Waals surface area contributed by atoms with Crippen molar-refractivity contribution in [3.8, 4) is 0 Å². The molecule has 1 unspecified atom stereocenters. The van der Waals surface area contributed by atoms with E-state index in [2.05, 4.69) is 9.88 Å². The summed E-state index contributed by atoms with van der Waals surface area (Å²) in [5.74, 6) is 0.0381. The number of carbonyl (C=O) groups excluding carboxylic acids is 1. The Balaban J connectivity index is 1.16. The van der Waals surface area contributed by atoms with Gasteiger partial charge in [0.2, 0.25) is 0 Å². The summed E-state index contributed by atoms with van der Waals surface area (Å²) < 4.78 is 58.8. The van der Waals surface area contributed by atoms with E-state index in [1.165, 1.54) is 17.7 Å². The fraction of sp³-hybridized carbons (Fsp3) is 0.556. The zero-order chi connectivity index (χ0) is 25.5. The third-order valence-corrected chi connectivity index (χ3v) is 8.04. The van der Waals surface area contributed by atoms with Crippen LogP contribution in [-0.2, 0) is 28.7 Å². The predicted molar refractivity (Wildman–Crippen MR) is 126 cm³/mol. The number of likely N-dealkylation sites (tertiary alicyclic amines) is 1. The van der Waals surface area contributed by atoms with Crippen molar-refractivity contribution >= 4 is 5.91 Å². The van der Waals surface area contributed by atoms with E-state index in [0.29, 0.717) is 43.2 Å². The van der Waals surface area contributed by atoms with Gasteiger partial charge in [0.15, 0.2) is 0 Å². The molecule has 0 N–H and O–H groups in total. The van der Waals surface area contributed by atoms with Gasteiger partial charge in [-0.25, -0.2) is 4.39 Å². The van der Waals surface area contributed by atoms with E-state index in [1.54, 1.807) is 11.8 Å². The SMILES string of the molecule is CC1(C(=O)N2CCc3ncc(C(F)(F)F)cc3C2)CC[C@@H](N2CCC(c3ccc(F)cc3)CC2)CO1. The van der Waals surface area contributed by atoms with Crippen LogP contribution in [0.5, 0.6) is 0 Å². The highest BCUT2D eigenvalue weighted by Gasteiger charge is 2.44. The minimum absolute atomic E-state index is 0.115. The molecule has 0 spiro atoms. The summed E-state index contributed by atoms with van der Waals surface area (Å²) in [4.78, 5) is 21.4. The van der Waals surface area contributed by atoms with E-state index in [0.717, 1.165) is 44.6 Å². The molecule has 1 amide bonds. The Morgan fingerprint density at radius 1 is 1.11 bits per heavy atom. The number of alkyl halides is 3. The van der Waals surface area contributed by atoms with Gasteiger partial charge in [-0.05, 0) is 80.9 Å². The largest absolute Gasteiger partial charge is 0.417 e. The Morgan fingerprint density at radius 2 is 1.83 bits per heavy atom. The van der Waals surface area contributed by atoms with E-state index in [1.807, 2.05) is 12.1 Å². The van der Waals surface area contributed by atoms with Crippen molar-refractivity contribution in [2.24, 2.45) is 0 Å². The number of benzene rings is 1. The van der Waals surface area contributed by atoms with Crippen LogP contribution in [0.25, 0.3) is 0 Å². The maximum Gasteiger partial charge on any atom is 0.417 e. The van der Waals surface area contributed by atoms with Crippen LogP contribution in [0.1, 0.15) is 60.9 Å². The van der Waals surface area contributed by atoms with Crippen LogP contribution in [0.4, 0.5) is 17.6 Å². The average Bonchev–Trinajstić information content (AvgIpc) is 2.88. The topological polar surface area (TPSA) is 45.7 Å². The van der Waals surface area contributed by atoms with Gasteiger partial charge in [0, 0.05) is 37.4 Å². The quantitative estimate of drug-likeness (QED) is 0.555. The molecule has 2 aromatic rings. The number of piperidine rings is 1. The number of fused-ring (bicyclic) bond motifs is 1. The number of rotatable bonds is 3. The summed E-state index contributed by atoms with van der Waals surface area (Å²) >= 11 is 0. The lowest BCUT2D eigenvalue weighted by molar-refractivity contribution is -0.168. The second-order valence-corrected chi connectivity index (χ2v) is 10.4. The summed E-state index contributed by atoms with van der Waals surface area (Å²) in [5.41, 5.74) is 0.475. The minimum Gasteiger partial charge on any atom is -0.364 e. The average molecular weight is 506 g/mol. The molecule has 5 rings (SSSR count). The first-order valence-corrected chi connectivity index (χ1v) is 12.6. The number of ether oxygens (including phenoxy) is 1. The second kappa shape index (κ2) is 9.74. The van der Waals surface area contributed by atoms with Crippen LogP contribution >= 0.6 is 0 Å². The molecule has 0 bridgehead atoms. The lowest BCUT2D eigenvalue weighted by atomic mass is 9.87. The Labute approximate surface area is 208 Å². The summed E-state index contributed by atoms with van der Waals surface area (Å²) in [5, 5.41) is 0. The highest BCUT2D eigenvalue weighted by Crippen LogP contribution is 2.35. The summed E-state index contributed by atoms with van der Waals surface area (Å²) in [6, 6.07) is 8.12. The van der Waals surface area contributed by atoms with Gasteiger partial charge >= 0.3 is 6.18 Å². The van der Waals surface area contributed by atoms with Crippen LogP contribution in [0, 0.1) is 5.82 Å². The van der Waals surface area contributed by atoms with Gasteiger partial charge in [-0.2, -0.15) is 13.2 Å². The number of amides is 1. The van der Waals surface area contributed by atoms with Crippen molar-refractivity contribution in [3.63, 3.8) is 0 Å². The summed E-state index contributed by atoms with van der Waals surface area (Å²) in [6.07, 6.45) is 0.228. The Bertz CT molecular complexity index is 1090.